The van der Waals surface area contributed by atoms with E-state index in [9.17, 15) is 14.0 Å². The van der Waals surface area contributed by atoms with Crippen LogP contribution in [0.25, 0.3) is 0 Å². The van der Waals surface area contributed by atoms with Crippen molar-refractivity contribution in [2.45, 2.75) is 26.7 Å². The highest BCUT2D eigenvalue weighted by Gasteiger charge is 2.27. The predicted octanol–water partition coefficient (Wildman–Crippen LogP) is 3.18. The maximum atomic E-state index is 13.3. The molecule has 0 spiro atoms. The zero-order valence-electron chi connectivity index (χ0n) is 12.1. The number of rotatable bonds is 2. The van der Waals surface area contributed by atoms with Crippen LogP contribution in [0.15, 0.2) is 18.2 Å². The molecule has 0 aliphatic carbocycles. The lowest BCUT2D eigenvalue weighted by atomic mass is 9.83. The molecule has 0 radical (unpaired) electrons. The predicted molar refractivity (Wildman–Crippen MR) is 77.0 cm³/mol. The monoisotopic (exact) mass is 294 g/mol. The van der Waals surface area contributed by atoms with Crippen LogP contribution in [0.2, 0.25) is 0 Å². The van der Waals surface area contributed by atoms with Crippen molar-refractivity contribution in [1.82, 2.24) is 4.90 Å². The lowest BCUT2D eigenvalue weighted by molar-refractivity contribution is 0.0692. The number of halogens is 1. The molecular formula is C15H19FN2O3. The third kappa shape index (κ3) is 3.71. The fourth-order valence-electron chi connectivity index (χ4n) is 2.28. The van der Waals surface area contributed by atoms with Gasteiger partial charge in [0, 0.05) is 18.8 Å². The summed E-state index contributed by atoms with van der Waals surface area (Å²) in [6, 6.07) is 3.24. The summed E-state index contributed by atoms with van der Waals surface area (Å²) in [6.45, 7) is 5.65. The fourth-order valence-corrected chi connectivity index (χ4v) is 2.28. The summed E-state index contributed by atoms with van der Waals surface area (Å²) < 4.78 is 13.3. The Morgan fingerprint density at radius 1 is 1.29 bits per heavy atom. The molecule has 1 aliphatic heterocycles. The van der Waals surface area contributed by atoms with Crippen molar-refractivity contribution in [3.05, 3.63) is 29.6 Å². The van der Waals surface area contributed by atoms with Gasteiger partial charge in [0.1, 0.15) is 5.82 Å². The molecular weight excluding hydrogens is 275 g/mol. The second kappa shape index (κ2) is 5.71. The zero-order valence-corrected chi connectivity index (χ0v) is 12.1. The Balaban J connectivity index is 2.03. The van der Waals surface area contributed by atoms with Gasteiger partial charge in [0.2, 0.25) is 0 Å². The van der Waals surface area contributed by atoms with Crippen LogP contribution in [-0.4, -0.2) is 35.1 Å². The number of piperidine rings is 1. The Morgan fingerprint density at radius 3 is 2.48 bits per heavy atom. The Hall–Kier alpha value is -2.11. The number of amides is 2. The van der Waals surface area contributed by atoms with Crippen LogP contribution >= 0.6 is 0 Å². The summed E-state index contributed by atoms with van der Waals surface area (Å²) in [6.07, 6.45) is 1.84. The number of benzene rings is 1. The first-order valence-electron chi connectivity index (χ1n) is 6.87. The smallest absolute Gasteiger partial charge is 0.338 e. The molecule has 6 heteroatoms. The van der Waals surface area contributed by atoms with Gasteiger partial charge in [0.05, 0.1) is 5.56 Å². The van der Waals surface area contributed by atoms with Gasteiger partial charge in [-0.15, -0.1) is 0 Å². The van der Waals surface area contributed by atoms with E-state index in [1.165, 1.54) is 6.07 Å². The number of carboxylic acid groups (broad SMARTS) is 1. The molecule has 0 bridgehead atoms. The minimum atomic E-state index is -1.36. The molecule has 0 atom stereocenters. The molecule has 5 nitrogen and oxygen atoms in total. The Morgan fingerprint density at radius 2 is 1.90 bits per heavy atom. The number of anilines is 1. The number of likely N-dealkylation sites (tertiary alicyclic amines) is 1. The van der Waals surface area contributed by atoms with Crippen molar-refractivity contribution in [2.75, 3.05) is 18.4 Å². The zero-order chi connectivity index (χ0) is 15.6. The van der Waals surface area contributed by atoms with Gasteiger partial charge < -0.3 is 15.3 Å². The highest BCUT2D eigenvalue weighted by atomic mass is 19.1. The van der Waals surface area contributed by atoms with E-state index in [0.29, 0.717) is 13.1 Å². The first-order valence-corrected chi connectivity index (χ1v) is 6.87. The molecule has 0 aromatic heterocycles. The van der Waals surface area contributed by atoms with E-state index < -0.39 is 17.3 Å². The number of nitrogens with one attached hydrogen (secondary N) is 1. The van der Waals surface area contributed by atoms with Gasteiger partial charge in [-0.2, -0.15) is 0 Å². The van der Waals surface area contributed by atoms with Crippen molar-refractivity contribution in [1.29, 1.82) is 0 Å². The van der Waals surface area contributed by atoms with Crippen molar-refractivity contribution in [2.24, 2.45) is 5.41 Å². The minimum Gasteiger partial charge on any atom is -0.478 e. The summed E-state index contributed by atoms with van der Waals surface area (Å²) in [7, 11) is 0. The second-order valence-electron chi connectivity index (χ2n) is 6.08. The Bertz CT molecular complexity index is 562. The van der Waals surface area contributed by atoms with E-state index in [0.717, 1.165) is 25.0 Å². The first kappa shape index (κ1) is 15.3. The van der Waals surface area contributed by atoms with E-state index in [1.807, 2.05) is 0 Å². The number of urea groups is 1. The molecule has 2 amide bonds. The van der Waals surface area contributed by atoms with Gasteiger partial charge >= 0.3 is 12.0 Å². The molecule has 0 saturated carbocycles. The summed E-state index contributed by atoms with van der Waals surface area (Å²) in [4.78, 5) is 24.7. The molecule has 2 N–H and O–H groups in total. The fraction of sp³-hybridized carbons (Fsp3) is 0.467. The third-order valence-electron chi connectivity index (χ3n) is 3.85. The minimum absolute atomic E-state index is 0.239. The van der Waals surface area contributed by atoms with Gasteiger partial charge in [-0.25, -0.2) is 14.0 Å². The molecule has 0 unspecified atom stereocenters. The van der Waals surface area contributed by atoms with Crippen LogP contribution in [0.3, 0.4) is 0 Å². The molecule has 1 aliphatic rings. The van der Waals surface area contributed by atoms with Crippen molar-refractivity contribution >= 4 is 17.7 Å². The number of aromatic carboxylic acids is 1. The van der Waals surface area contributed by atoms with Gasteiger partial charge in [-0.3, -0.25) is 0 Å². The quantitative estimate of drug-likeness (QED) is 0.880. The van der Waals surface area contributed by atoms with Crippen LogP contribution < -0.4 is 5.32 Å². The molecule has 1 aromatic rings. The lowest BCUT2D eigenvalue weighted by Crippen LogP contribution is -2.43. The number of carbonyl (C=O) groups is 2. The average Bonchev–Trinajstić information content (AvgIpc) is 2.40. The third-order valence-corrected chi connectivity index (χ3v) is 3.85. The van der Waals surface area contributed by atoms with Gasteiger partial charge in [0.25, 0.3) is 0 Å². The summed E-state index contributed by atoms with van der Waals surface area (Å²) in [5.74, 6) is -2.18. The molecule has 114 valence electrons. The maximum Gasteiger partial charge on any atom is 0.338 e. The highest BCUT2D eigenvalue weighted by Crippen LogP contribution is 2.30. The van der Waals surface area contributed by atoms with E-state index in [-0.39, 0.29) is 17.1 Å². The molecule has 2 rings (SSSR count). The number of nitrogens with zero attached hydrogens (tertiary/aromatic N) is 1. The molecule has 1 aromatic carbocycles. The standard InChI is InChI=1S/C15H19FN2O3/c1-15(2)5-7-18(8-6-15)14(21)17-10-3-4-12(16)11(9-10)13(19)20/h3-4,9H,5-8H2,1-2H3,(H,17,21)(H,19,20). The van der Waals surface area contributed by atoms with Gasteiger partial charge in [-0.05, 0) is 36.5 Å². The SMILES string of the molecule is CC1(C)CCN(C(=O)Nc2ccc(F)c(C(=O)O)c2)CC1. The number of carbonyl (C=O) groups excluding carboxylic acids is 1. The van der Waals surface area contributed by atoms with Crippen LogP contribution in [0, 0.1) is 11.2 Å². The van der Waals surface area contributed by atoms with Gasteiger partial charge in [0.15, 0.2) is 0 Å². The van der Waals surface area contributed by atoms with E-state index >= 15 is 0 Å². The second-order valence-corrected chi connectivity index (χ2v) is 6.08. The van der Waals surface area contributed by atoms with Crippen LogP contribution in [-0.2, 0) is 0 Å². The van der Waals surface area contributed by atoms with Crippen molar-refractivity contribution in [3.63, 3.8) is 0 Å². The first-order chi connectivity index (χ1) is 9.78. The van der Waals surface area contributed by atoms with E-state index in [1.54, 1.807) is 4.90 Å². The largest absolute Gasteiger partial charge is 0.478 e. The van der Waals surface area contributed by atoms with Crippen LogP contribution in [0.1, 0.15) is 37.0 Å². The topological polar surface area (TPSA) is 69.6 Å². The van der Waals surface area contributed by atoms with E-state index in [2.05, 4.69) is 19.2 Å². The Kier molecular flexibility index (Phi) is 4.16. The average molecular weight is 294 g/mol. The van der Waals surface area contributed by atoms with Crippen molar-refractivity contribution in [3.8, 4) is 0 Å². The normalized spacial score (nSPS) is 17.4. The summed E-state index contributed by atoms with van der Waals surface area (Å²) in [5, 5.41) is 11.5. The summed E-state index contributed by atoms with van der Waals surface area (Å²) >= 11 is 0. The molecule has 1 heterocycles. The number of hydrogen-bond donors (Lipinski definition) is 2. The number of carboxylic acids is 1. The molecule has 1 saturated heterocycles. The molecule has 1 fully saturated rings. The highest BCUT2D eigenvalue weighted by molar-refractivity contribution is 5.93. The van der Waals surface area contributed by atoms with Gasteiger partial charge in [-0.1, -0.05) is 13.8 Å². The Labute approximate surface area is 122 Å². The summed E-state index contributed by atoms with van der Waals surface area (Å²) in [5.41, 5.74) is 0.0690. The lowest BCUT2D eigenvalue weighted by Gasteiger charge is -2.36. The van der Waals surface area contributed by atoms with Crippen LogP contribution in [0.5, 0.6) is 0 Å². The number of hydrogen-bond acceptors (Lipinski definition) is 2. The van der Waals surface area contributed by atoms with Crippen molar-refractivity contribution < 1.29 is 19.1 Å². The van der Waals surface area contributed by atoms with E-state index in [4.69, 9.17) is 5.11 Å². The maximum absolute atomic E-state index is 13.3. The molecule has 21 heavy (non-hydrogen) atoms. The van der Waals surface area contributed by atoms with Crippen LogP contribution in [0.4, 0.5) is 14.9 Å².